The average molecular weight is 344 g/mol. The van der Waals surface area contributed by atoms with Crippen LogP contribution >= 0.6 is 11.8 Å². The van der Waals surface area contributed by atoms with Gasteiger partial charge >= 0.3 is 0 Å². The quantitative estimate of drug-likeness (QED) is 0.557. The highest BCUT2D eigenvalue weighted by Crippen LogP contribution is 2.16. The van der Waals surface area contributed by atoms with E-state index in [0.29, 0.717) is 13.0 Å². The van der Waals surface area contributed by atoms with Crippen LogP contribution in [0.15, 0.2) is 47.0 Å². The molecule has 0 atom stereocenters. The van der Waals surface area contributed by atoms with Gasteiger partial charge in [0, 0.05) is 17.9 Å². The summed E-state index contributed by atoms with van der Waals surface area (Å²) in [6.07, 6.45) is 5.49. The van der Waals surface area contributed by atoms with E-state index in [1.807, 2.05) is 24.3 Å². The van der Waals surface area contributed by atoms with Gasteiger partial charge in [-0.2, -0.15) is 5.10 Å². The van der Waals surface area contributed by atoms with Gasteiger partial charge in [-0.1, -0.05) is 49.7 Å². The van der Waals surface area contributed by atoms with Crippen LogP contribution in [0.2, 0.25) is 0 Å². The predicted molar refractivity (Wildman–Crippen MR) is 104 cm³/mol. The van der Waals surface area contributed by atoms with E-state index in [4.69, 9.17) is 0 Å². The summed E-state index contributed by atoms with van der Waals surface area (Å²) in [6.45, 7) is 6.37. The molecule has 0 unspecified atom stereocenters. The molecule has 0 saturated carbocycles. The Bertz CT molecular complexity index is 622. The van der Waals surface area contributed by atoms with Gasteiger partial charge < -0.3 is 5.32 Å². The number of nitrogens with one attached hydrogen (secondary N) is 2. The minimum atomic E-state index is 0.0755. The molecular formula is C18H24N4OS. The third-order valence-corrected chi connectivity index (χ3v) is 4.42. The van der Waals surface area contributed by atoms with Crippen molar-refractivity contribution >= 4 is 34.2 Å². The molecule has 1 aromatic carbocycles. The van der Waals surface area contributed by atoms with Crippen molar-refractivity contribution in [3.63, 3.8) is 0 Å². The molecule has 0 bridgehead atoms. The molecule has 1 aromatic rings. The first kappa shape index (κ1) is 18.3. The first-order valence-corrected chi connectivity index (χ1v) is 9.22. The van der Waals surface area contributed by atoms with Gasteiger partial charge in [0.15, 0.2) is 5.17 Å². The molecule has 1 heterocycles. The number of hydrogen-bond acceptors (Lipinski definition) is 4. The molecule has 128 valence electrons. The fourth-order valence-electron chi connectivity index (χ4n) is 2.20. The first-order chi connectivity index (χ1) is 11.7. The molecule has 0 saturated heterocycles. The molecule has 6 heteroatoms. The molecule has 0 aromatic heterocycles. The van der Waals surface area contributed by atoms with Gasteiger partial charge in [0.25, 0.3) is 0 Å². The van der Waals surface area contributed by atoms with Crippen LogP contribution in [-0.2, 0) is 4.79 Å². The number of carbonyl (C=O) groups excluding carboxylic acids is 1. The van der Waals surface area contributed by atoms with Crippen molar-refractivity contribution in [2.75, 3.05) is 17.6 Å². The lowest BCUT2D eigenvalue weighted by molar-refractivity contribution is -0.116. The number of anilines is 1. The lowest BCUT2D eigenvalue weighted by Gasteiger charge is -2.15. The zero-order valence-electron chi connectivity index (χ0n) is 14.0. The minimum absolute atomic E-state index is 0.0755. The van der Waals surface area contributed by atoms with Crippen LogP contribution < -0.4 is 10.7 Å². The number of nitrogens with zero attached hydrogens (tertiary/aromatic N) is 2. The van der Waals surface area contributed by atoms with Gasteiger partial charge in [-0.3, -0.25) is 15.2 Å². The Kier molecular flexibility index (Phi) is 7.55. The maximum absolute atomic E-state index is 11.8. The van der Waals surface area contributed by atoms with E-state index in [1.54, 1.807) is 17.8 Å². The highest BCUT2D eigenvalue weighted by molar-refractivity contribution is 8.14. The molecule has 1 aliphatic heterocycles. The van der Waals surface area contributed by atoms with Crippen molar-refractivity contribution in [2.24, 2.45) is 10.1 Å². The third kappa shape index (κ3) is 5.85. The Balaban J connectivity index is 1.89. The molecule has 5 nitrogen and oxygen atoms in total. The number of aliphatic imine (C=N–C) groups is 1. The maximum atomic E-state index is 11.8. The molecule has 0 fully saturated rings. The second kappa shape index (κ2) is 9.93. The lowest BCUT2D eigenvalue weighted by Crippen LogP contribution is -2.25. The number of amides is 1. The molecule has 1 amide bonds. The normalized spacial score (nSPS) is 15.5. The molecule has 0 radical (unpaired) electrons. The van der Waals surface area contributed by atoms with E-state index < -0.39 is 0 Å². The molecular weight excluding hydrogens is 320 g/mol. The fourth-order valence-corrected chi connectivity index (χ4v) is 2.98. The van der Waals surface area contributed by atoms with Gasteiger partial charge in [0.1, 0.15) is 0 Å². The van der Waals surface area contributed by atoms with Gasteiger partial charge in [-0.25, -0.2) is 0 Å². The van der Waals surface area contributed by atoms with Crippen molar-refractivity contribution in [2.45, 2.75) is 32.6 Å². The second-order valence-electron chi connectivity index (χ2n) is 5.48. The smallest absolute Gasteiger partial charge is 0.224 e. The number of hydrazone groups is 1. The average Bonchev–Trinajstić information content (AvgIpc) is 2.61. The van der Waals surface area contributed by atoms with E-state index in [1.165, 1.54) is 0 Å². The SMILES string of the molecule is C=CCN=C1NN=C(c2ccc(NC(=O)CCCCC)cc2)CS1. The Morgan fingerprint density at radius 3 is 2.83 bits per heavy atom. The van der Waals surface area contributed by atoms with Crippen molar-refractivity contribution in [1.82, 2.24) is 5.43 Å². The maximum Gasteiger partial charge on any atom is 0.224 e. The topological polar surface area (TPSA) is 65.8 Å². The summed E-state index contributed by atoms with van der Waals surface area (Å²) < 4.78 is 0. The summed E-state index contributed by atoms with van der Waals surface area (Å²) in [5.74, 6) is 0.845. The summed E-state index contributed by atoms with van der Waals surface area (Å²) >= 11 is 1.62. The monoisotopic (exact) mass is 344 g/mol. The zero-order valence-corrected chi connectivity index (χ0v) is 14.9. The highest BCUT2D eigenvalue weighted by atomic mass is 32.2. The predicted octanol–water partition coefficient (Wildman–Crippen LogP) is 3.79. The Labute approximate surface area is 147 Å². The minimum Gasteiger partial charge on any atom is -0.326 e. The van der Waals surface area contributed by atoms with Gasteiger partial charge in [-0.05, 0) is 24.1 Å². The Morgan fingerprint density at radius 2 is 2.21 bits per heavy atom. The second-order valence-corrected chi connectivity index (χ2v) is 6.44. The molecule has 0 aliphatic carbocycles. The molecule has 0 spiro atoms. The van der Waals surface area contributed by atoms with E-state index in [0.717, 1.165) is 47.1 Å². The van der Waals surface area contributed by atoms with Crippen molar-refractivity contribution in [3.05, 3.63) is 42.5 Å². The molecule has 2 rings (SSSR count). The van der Waals surface area contributed by atoms with Crippen LogP contribution in [-0.4, -0.2) is 29.1 Å². The van der Waals surface area contributed by atoms with E-state index in [2.05, 4.69) is 34.3 Å². The summed E-state index contributed by atoms with van der Waals surface area (Å²) in [5.41, 5.74) is 5.80. The molecule has 2 N–H and O–H groups in total. The number of unbranched alkanes of at least 4 members (excludes halogenated alkanes) is 2. The number of rotatable bonds is 8. The molecule has 1 aliphatic rings. The summed E-state index contributed by atoms with van der Waals surface area (Å²) in [7, 11) is 0. The van der Waals surface area contributed by atoms with E-state index in [-0.39, 0.29) is 5.91 Å². The number of amidine groups is 1. The van der Waals surface area contributed by atoms with Crippen LogP contribution in [0, 0.1) is 0 Å². The summed E-state index contributed by atoms with van der Waals surface area (Å²) in [4.78, 5) is 16.1. The number of carbonyl (C=O) groups is 1. The lowest BCUT2D eigenvalue weighted by atomic mass is 10.1. The van der Waals surface area contributed by atoms with Crippen molar-refractivity contribution < 1.29 is 4.79 Å². The number of thioether (sulfide) groups is 1. The van der Waals surface area contributed by atoms with Gasteiger partial charge in [0.2, 0.25) is 5.91 Å². The Morgan fingerprint density at radius 1 is 1.42 bits per heavy atom. The molecule has 24 heavy (non-hydrogen) atoms. The van der Waals surface area contributed by atoms with Crippen LogP contribution in [0.1, 0.15) is 38.2 Å². The number of hydrogen-bond donors (Lipinski definition) is 2. The standard InChI is InChI=1S/C18H24N4OS/c1-3-5-6-7-17(23)20-15-10-8-14(9-11-15)16-13-24-18(22-21-16)19-12-4-2/h4,8-11H,2-3,5-7,12-13H2,1H3,(H,19,22)(H,20,23). The van der Waals surface area contributed by atoms with Gasteiger partial charge in [-0.15, -0.1) is 6.58 Å². The summed E-state index contributed by atoms with van der Waals surface area (Å²) in [6, 6.07) is 7.80. The van der Waals surface area contributed by atoms with Crippen LogP contribution in [0.5, 0.6) is 0 Å². The van der Waals surface area contributed by atoms with Crippen molar-refractivity contribution in [3.8, 4) is 0 Å². The fraction of sp³-hybridized carbons (Fsp3) is 0.389. The van der Waals surface area contributed by atoms with Crippen LogP contribution in [0.4, 0.5) is 5.69 Å². The highest BCUT2D eigenvalue weighted by Gasteiger charge is 2.12. The first-order valence-electron chi connectivity index (χ1n) is 8.24. The van der Waals surface area contributed by atoms with Crippen molar-refractivity contribution in [1.29, 1.82) is 0 Å². The van der Waals surface area contributed by atoms with E-state index in [9.17, 15) is 4.79 Å². The van der Waals surface area contributed by atoms with Crippen LogP contribution in [0.25, 0.3) is 0 Å². The summed E-state index contributed by atoms with van der Waals surface area (Å²) in [5, 5.41) is 8.12. The van der Waals surface area contributed by atoms with Crippen LogP contribution in [0.3, 0.4) is 0 Å². The zero-order chi connectivity index (χ0) is 17.2. The third-order valence-electron chi connectivity index (χ3n) is 3.51. The van der Waals surface area contributed by atoms with E-state index >= 15 is 0 Å². The van der Waals surface area contributed by atoms with Gasteiger partial charge in [0.05, 0.1) is 12.3 Å². The Hall–Kier alpha value is -2.08. The largest absolute Gasteiger partial charge is 0.326 e. The number of benzene rings is 1.